The maximum absolute atomic E-state index is 6.21. The molecule has 8 nitrogen and oxygen atoms in total. The van der Waals surface area contributed by atoms with E-state index < -0.39 is 0 Å². The molecule has 3 aromatic heterocycles. The van der Waals surface area contributed by atoms with Crippen LogP contribution in [0.3, 0.4) is 0 Å². The van der Waals surface area contributed by atoms with Crippen LogP contribution in [0.15, 0.2) is 23.0 Å². The molecule has 2 saturated carbocycles. The summed E-state index contributed by atoms with van der Waals surface area (Å²) >= 11 is 0. The molecule has 162 valence electrons. The number of hydrogen-bond acceptors (Lipinski definition) is 8. The summed E-state index contributed by atoms with van der Waals surface area (Å²) in [5, 5.41) is 7.45. The van der Waals surface area contributed by atoms with Crippen LogP contribution < -0.4 is 10.1 Å². The lowest BCUT2D eigenvalue weighted by atomic mass is 9.98. The Bertz CT molecular complexity index is 1060. The van der Waals surface area contributed by atoms with E-state index in [9.17, 15) is 0 Å². The number of aryl methyl sites for hydroxylation is 2. The summed E-state index contributed by atoms with van der Waals surface area (Å²) in [7, 11) is 0. The minimum atomic E-state index is 0.299. The number of nitrogens with one attached hydrogen (secondary N) is 1. The monoisotopic (exact) mass is 420 g/mol. The van der Waals surface area contributed by atoms with Crippen molar-refractivity contribution >= 4 is 5.95 Å². The van der Waals surface area contributed by atoms with Gasteiger partial charge in [-0.1, -0.05) is 11.6 Å². The molecule has 3 heterocycles. The maximum atomic E-state index is 6.21. The van der Waals surface area contributed by atoms with Crippen LogP contribution in [-0.2, 0) is 6.54 Å². The van der Waals surface area contributed by atoms with Gasteiger partial charge in [0.1, 0.15) is 23.6 Å². The molecular formula is C23H28N6O2. The Morgan fingerprint density at radius 2 is 1.84 bits per heavy atom. The number of aromatic nitrogens is 5. The molecule has 0 radical (unpaired) electrons. The molecule has 0 spiro atoms. The number of ether oxygens (including phenoxy) is 1. The van der Waals surface area contributed by atoms with E-state index >= 15 is 0 Å². The quantitative estimate of drug-likeness (QED) is 0.585. The molecule has 3 aromatic rings. The topological polar surface area (TPSA) is 98.9 Å². The molecule has 0 saturated heterocycles. The van der Waals surface area contributed by atoms with Crippen LogP contribution in [0.25, 0.3) is 11.5 Å². The van der Waals surface area contributed by atoms with Crippen LogP contribution in [0.2, 0.25) is 0 Å². The Morgan fingerprint density at radius 3 is 2.61 bits per heavy atom. The van der Waals surface area contributed by atoms with Crippen molar-refractivity contribution in [1.29, 1.82) is 0 Å². The van der Waals surface area contributed by atoms with Gasteiger partial charge in [0, 0.05) is 18.0 Å². The molecule has 0 atom stereocenters. The van der Waals surface area contributed by atoms with E-state index in [1.807, 2.05) is 26.0 Å². The molecule has 31 heavy (non-hydrogen) atoms. The number of hydrogen-bond donors (Lipinski definition) is 1. The van der Waals surface area contributed by atoms with Crippen LogP contribution >= 0.6 is 0 Å². The summed E-state index contributed by atoms with van der Waals surface area (Å²) in [5.41, 5.74) is 3.38. The van der Waals surface area contributed by atoms with Gasteiger partial charge in [0.15, 0.2) is 5.76 Å². The zero-order chi connectivity index (χ0) is 21.2. The van der Waals surface area contributed by atoms with Crippen molar-refractivity contribution < 1.29 is 9.26 Å². The van der Waals surface area contributed by atoms with Crippen LogP contribution in [0, 0.1) is 13.8 Å². The summed E-state index contributed by atoms with van der Waals surface area (Å²) in [6.45, 7) is 4.41. The lowest BCUT2D eigenvalue weighted by Gasteiger charge is -2.23. The van der Waals surface area contributed by atoms with Crippen molar-refractivity contribution in [2.75, 3.05) is 5.32 Å². The molecule has 2 fully saturated rings. The Kier molecular flexibility index (Phi) is 5.53. The molecule has 0 bridgehead atoms. The SMILES string of the molecule is Cc1nc(-c2onc(C)c2CNc2ncnc(C3CC3)n2)ccc1OC1CCCCC1. The fraction of sp³-hybridized carbons (Fsp3) is 0.522. The van der Waals surface area contributed by atoms with E-state index in [4.69, 9.17) is 14.2 Å². The first-order valence-electron chi connectivity index (χ1n) is 11.2. The second-order valence-corrected chi connectivity index (χ2v) is 8.53. The van der Waals surface area contributed by atoms with Gasteiger partial charge in [-0.2, -0.15) is 4.98 Å². The molecule has 5 rings (SSSR count). The second-order valence-electron chi connectivity index (χ2n) is 8.53. The largest absolute Gasteiger partial charge is 0.489 e. The molecule has 0 aliphatic heterocycles. The summed E-state index contributed by atoms with van der Waals surface area (Å²) in [6.07, 6.45) is 10.2. The van der Waals surface area contributed by atoms with Gasteiger partial charge >= 0.3 is 0 Å². The highest BCUT2D eigenvalue weighted by atomic mass is 16.5. The van der Waals surface area contributed by atoms with E-state index in [-0.39, 0.29) is 0 Å². The Hall–Kier alpha value is -3.03. The summed E-state index contributed by atoms with van der Waals surface area (Å²) in [4.78, 5) is 17.8. The van der Waals surface area contributed by atoms with Gasteiger partial charge < -0.3 is 14.6 Å². The van der Waals surface area contributed by atoms with Gasteiger partial charge in [-0.25, -0.2) is 15.0 Å². The van der Waals surface area contributed by atoms with Gasteiger partial charge in [-0.3, -0.25) is 0 Å². The minimum absolute atomic E-state index is 0.299. The molecule has 0 aromatic carbocycles. The van der Waals surface area contributed by atoms with Gasteiger partial charge in [-0.05, 0) is 64.5 Å². The normalized spacial score (nSPS) is 17.0. The highest BCUT2D eigenvalue weighted by Gasteiger charge is 2.27. The van der Waals surface area contributed by atoms with Gasteiger partial charge in [0.05, 0.1) is 17.5 Å². The Balaban J connectivity index is 1.31. The van der Waals surface area contributed by atoms with Crippen molar-refractivity contribution in [3.8, 4) is 17.2 Å². The molecule has 0 amide bonds. The van der Waals surface area contributed by atoms with Crippen LogP contribution in [0.1, 0.15) is 73.6 Å². The smallest absolute Gasteiger partial charge is 0.226 e. The van der Waals surface area contributed by atoms with Crippen molar-refractivity contribution in [1.82, 2.24) is 25.1 Å². The lowest BCUT2D eigenvalue weighted by Crippen LogP contribution is -2.20. The standard InChI is InChI=1S/C23H28N6O2/c1-14-18(12-24-23-26-13-25-22(28-23)16-8-9-16)21(31-29-14)19-10-11-20(15(2)27-19)30-17-6-4-3-5-7-17/h10-11,13,16-17H,3-9,12H2,1-2H3,(H,24,25,26,28). The van der Waals surface area contributed by atoms with Crippen molar-refractivity contribution in [3.05, 3.63) is 41.2 Å². The van der Waals surface area contributed by atoms with Crippen molar-refractivity contribution in [2.24, 2.45) is 0 Å². The first-order chi connectivity index (χ1) is 15.2. The van der Waals surface area contributed by atoms with E-state index in [0.29, 0.717) is 30.3 Å². The zero-order valence-corrected chi connectivity index (χ0v) is 18.1. The number of anilines is 1. The second kappa shape index (κ2) is 8.61. The average Bonchev–Trinajstić information content (AvgIpc) is 3.58. The van der Waals surface area contributed by atoms with E-state index in [2.05, 4.69) is 25.4 Å². The molecular weight excluding hydrogens is 392 g/mol. The predicted molar refractivity (Wildman–Crippen MR) is 116 cm³/mol. The first-order valence-corrected chi connectivity index (χ1v) is 11.2. The van der Waals surface area contributed by atoms with E-state index in [1.54, 1.807) is 6.33 Å². The maximum Gasteiger partial charge on any atom is 0.226 e. The molecule has 2 aliphatic rings. The first kappa shape index (κ1) is 19.9. The summed E-state index contributed by atoms with van der Waals surface area (Å²) in [5.74, 6) is 3.44. The molecule has 1 N–H and O–H groups in total. The summed E-state index contributed by atoms with van der Waals surface area (Å²) < 4.78 is 11.8. The molecule has 0 unspecified atom stereocenters. The zero-order valence-electron chi connectivity index (χ0n) is 18.1. The third kappa shape index (κ3) is 4.52. The predicted octanol–water partition coefficient (Wildman–Crippen LogP) is 4.74. The third-order valence-electron chi connectivity index (χ3n) is 6.06. The van der Waals surface area contributed by atoms with Crippen LogP contribution in [0.5, 0.6) is 5.75 Å². The van der Waals surface area contributed by atoms with Gasteiger partial charge in [0.2, 0.25) is 5.95 Å². The summed E-state index contributed by atoms with van der Waals surface area (Å²) in [6, 6.07) is 3.94. The third-order valence-corrected chi connectivity index (χ3v) is 6.06. The Labute approximate surface area is 181 Å². The fourth-order valence-electron chi connectivity index (χ4n) is 4.06. The highest BCUT2D eigenvalue weighted by molar-refractivity contribution is 5.59. The van der Waals surface area contributed by atoms with Crippen molar-refractivity contribution in [2.45, 2.75) is 77.4 Å². The van der Waals surface area contributed by atoms with Gasteiger partial charge in [-0.15, -0.1) is 0 Å². The van der Waals surface area contributed by atoms with E-state index in [1.165, 1.54) is 19.3 Å². The van der Waals surface area contributed by atoms with Crippen LogP contribution in [-0.4, -0.2) is 31.2 Å². The Morgan fingerprint density at radius 1 is 1.00 bits per heavy atom. The molecule has 8 heteroatoms. The molecule has 2 aliphatic carbocycles. The van der Waals surface area contributed by atoms with Crippen LogP contribution in [0.4, 0.5) is 5.95 Å². The minimum Gasteiger partial charge on any atom is -0.489 e. The number of nitrogens with zero attached hydrogens (tertiary/aromatic N) is 5. The lowest BCUT2D eigenvalue weighted by molar-refractivity contribution is 0.153. The number of rotatable bonds is 7. The van der Waals surface area contributed by atoms with E-state index in [0.717, 1.165) is 59.9 Å². The fourth-order valence-corrected chi connectivity index (χ4v) is 4.06. The average molecular weight is 421 g/mol. The highest BCUT2D eigenvalue weighted by Crippen LogP contribution is 2.38. The van der Waals surface area contributed by atoms with Crippen molar-refractivity contribution in [3.63, 3.8) is 0 Å². The number of pyridine rings is 1. The van der Waals surface area contributed by atoms with Gasteiger partial charge in [0.25, 0.3) is 0 Å².